The van der Waals surface area contributed by atoms with Gasteiger partial charge in [-0.1, -0.05) is 36.4 Å². The molecule has 0 radical (unpaired) electrons. The SMILES string of the molecule is CC(=O)c1ccc(NC(=O)NNC(=O)[C@H](C)Oc2cccc3ccccc23)cc1. The van der Waals surface area contributed by atoms with E-state index in [-0.39, 0.29) is 5.78 Å². The lowest BCUT2D eigenvalue weighted by Gasteiger charge is -2.16. The number of hydrazine groups is 1. The Labute approximate surface area is 168 Å². The molecule has 3 amide bonds. The van der Waals surface area contributed by atoms with Crippen LogP contribution in [0.5, 0.6) is 5.75 Å². The maximum atomic E-state index is 12.2. The summed E-state index contributed by atoms with van der Waals surface area (Å²) < 4.78 is 5.76. The lowest BCUT2D eigenvalue weighted by atomic mass is 10.1. The number of amides is 3. The predicted molar refractivity (Wildman–Crippen MR) is 111 cm³/mol. The van der Waals surface area contributed by atoms with Crippen molar-refractivity contribution in [2.24, 2.45) is 0 Å². The molecule has 3 N–H and O–H groups in total. The van der Waals surface area contributed by atoms with E-state index < -0.39 is 18.0 Å². The molecule has 0 heterocycles. The first-order chi connectivity index (χ1) is 13.9. The van der Waals surface area contributed by atoms with Gasteiger partial charge in [-0.3, -0.25) is 15.0 Å². The number of urea groups is 1. The second-order valence-corrected chi connectivity index (χ2v) is 6.44. The van der Waals surface area contributed by atoms with Gasteiger partial charge in [0.2, 0.25) is 0 Å². The molecule has 0 saturated heterocycles. The molecule has 7 nitrogen and oxygen atoms in total. The third kappa shape index (κ3) is 5.10. The van der Waals surface area contributed by atoms with Crippen LogP contribution in [0, 0.1) is 0 Å². The van der Waals surface area contributed by atoms with Crippen molar-refractivity contribution in [2.45, 2.75) is 20.0 Å². The van der Waals surface area contributed by atoms with Gasteiger partial charge in [0.25, 0.3) is 5.91 Å². The minimum absolute atomic E-state index is 0.0616. The van der Waals surface area contributed by atoms with Gasteiger partial charge < -0.3 is 10.1 Å². The zero-order valence-electron chi connectivity index (χ0n) is 16.1. The maximum Gasteiger partial charge on any atom is 0.337 e. The summed E-state index contributed by atoms with van der Waals surface area (Å²) in [5.41, 5.74) is 5.63. The molecule has 0 unspecified atom stereocenters. The monoisotopic (exact) mass is 391 g/mol. The van der Waals surface area contributed by atoms with Crippen molar-refractivity contribution in [1.29, 1.82) is 0 Å². The third-order valence-electron chi connectivity index (χ3n) is 4.27. The van der Waals surface area contributed by atoms with E-state index in [1.54, 1.807) is 37.3 Å². The van der Waals surface area contributed by atoms with Gasteiger partial charge in [-0.25, -0.2) is 10.2 Å². The number of rotatable bonds is 5. The molecule has 0 saturated carbocycles. The molecular weight excluding hydrogens is 370 g/mol. The van der Waals surface area contributed by atoms with Crippen molar-refractivity contribution < 1.29 is 19.1 Å². The molecule has 0 bridgehead atoms. The summed E-state index contributed by atoms with van der Waals surface area (Å²) in [5.74, 6) is 0.0224. The van der Waals surface area contributed by atoms with Crippen molar-refractivity contribution in [3.63, 3.8) is 0 Å². The molecule has 3 rings (SSSR count). The first-order valence-corrected chi connectivity index (χ1v) is 9.06. The summed E-state index contributed by atoms with van der Waals surface area (Å²) in [6.07, 6.45) is -0.823. The lowest BCUT2D eigenvalue weighted by Crippen LogP contribution is -2.48. The molecule has 1 atom stereocenters. The van der Waals surface area contributed by atoms with E-state index >= 15 is 0 Å². The normalized spacial score (nSPS) is 11.4. The summed E-state index contributed by atoms with van der Waals surface area (Å²) in [4.78, 5) is 35.5. The van der Waals surface area contributed by atoms with Crippen LogP contribution in [0.3, 0.4) is 0 Å². The standard InChI is InChI=1S/C22H21N3O4/c1-14(26)16-10-12-18(13-11-16)23-22(28)25-24-21(27)15(2)29-20-9-5-7-17-6-3-4-8-19(17)20/h3-13,15H,1-2H3,(H,24,27)(H2,23,25,28)/t15-/m0/s1. The van der Waals surface area contributed by atoms with E-state index in [0.29, 0.717) is 17.0 Å². The molecular formula is C22H21N3O4. The fourth-order valence-corrected chi connectivity index (χ4v) is 2.71. The first kappa shape index (κ1) is 19.9. The van der Waals surface area contributed by atoms with Crippen LogP contribution in [0.15, 0.2) is 66.7 Å². The van der Waals surface area contributed by atoms with Gasteiger partial charge >= 0.3 is 6.03 Å². The topological polar surface area (TPSA) is 96.5 Å². The van der Waals surface area contributed by atoms with E-state index in [2.05, 4.69) is 16.2 Å². The van der Waals surface area contributed by atoms with Crippen molar-refractivity contribution in [3.8, 4) is 5.75 Å². The maximum absolute atomic E-state index is 12.2. The number of fused-ring (bicyclic) bond motifs is 1. The molecule has 3 aromatic rings. The molecule has 3 aromatic carbocycles. The molecule has 29 heavy (non-hydrogen) atoms. The Bertz CT molecular complexity index is 1040. The molecule has 0 aliphatic carbocycles. The Morgan fingerprint density at radius 3 is 2.28 bits per heavy atom. The molecule has 0 aliphatic heterocycles. The quantitative estimate of drug-likeness (QED) is 0.457. The number of nitrogens with one attached hydrogen (secondary N) is 3. The van der Waals surface area contributed by atoms with Crippen LogP contribution in [-0.2, 0) is 4.79 Å². The van der Waals surface area contributed by atoms with E-state index in [9.17, 15) is 14.4 Å². The van der Waals surface area contributed by atoms with Crippen LogP contribution in [0.2, 0.25) is 0 Å². The number of hydrogen-bond acceptors (Lipinski definition) is 4. The summed E-state index contributed by atoms with van der Waals surface area (Å²) in [7, 11) is 0. The van der Waals surface area contributed by atoms with Crippen LogP contribution < -0.4 is 20.9 Å². The largest absolute Gasteiger partial charge is 0.480 e. The molecule has 0 fully saturated rings. The van der Waals surface area contributed by atoms with Crippen LogP contribution in [0.4, 0.5) is 10.5 Å². The molecule has 0 aliphatic rings. The van der Waals surface area contributed by atoms with Crippen molar-refractivity contribution >= 4 is 34.2 Å². The number of carbonyl (C=O) groups excluding carboxylic acids is 3. The number of ether oxygens (including phenoxy) is 1. The summed E-state index contributed by atoms with van der Waals surface area (Å²) >= 11 is 0. The van der Waals surface area contributed by atoms with Crippen molar-refractivity contribution in [3.05, 3.63) is 72.3 Å². The zero-order chi connectivity index (χ0) is 20.8. The van der Waals surface area contributed by atoms with Gasteiger partial charge in [0.1, 0.15) is 5.75 Å². The van der Waals surface area contributed by atoms with E-state index in [1.807, 2.05) is 36.4 Å². The van der Waals surface area contributed by atoms with E-state index in [1.165, 1.54) is 6.92 Å². The lowest BCUT2D eigenvalue weighted by molar-refractivity contribution is -0.127. The van der Waals surface area contributed by atoms with Crippen molar-refractivity contribution in [1.82, 2.24) is 10.9 Å². The number of ketones is 1. The Kier molecular flexibility index (Phi) is 6.09. The van der Waals surface area contributed by atoms with Crippen LogP contribution >= 0.6 is 0 Å². The number of benzene rings is 3. The van der Waals surface area contributed by atoms with Gasteiger partial charge in [0, 0.05) is 16.6 Å². The molecule has 0 aromatic heterocycles. The zero-order valence-corrected chi connectivity index (χ0v) is 16.1. The van der Waals surface area contributed by atoms with Gasteiger partial charge in [0.15, 0.2) is 11.9 Å². The minimum Gasteiger partial charge on any atom is -0.480 e. The second kappa shape index (κ2) is 8.88. The van der Waals surface area contributed by atoms with Crippen molar-refractivity contribution in [2.75, 3.05) is 5.32 Å². The minimum atomic E-state index is -0.823. The van der Waals surface area contributed by atoms with Gasteiger partial charge in [-0.15, -0.1) is 0 Å². The third-order valence-corrected chi connectivity index (χ3v) is 4.27. The number of anilines is 1. The number of carbonyl (C=O) groups is 3. The van der Waals surface area contributed by atoms with Gasteiger partial charge in [-0.2, -0.15) is 0 Å². The average molecular weight is 391 g/mol. The second-order valence-electron chi connectivity index (χ2n) is 6.44. The highest BCUT2D eigenvalue weighted by molar-refractivity contribution is 5.96. The summed E-state index contributed by atoms with van der Waals surface area (Å²) in [6, 6.07) is 19.1. The number of Topliss-reactive ketones (excluding diaryl/α,β-unsaturated/α-hetero) is 1. The Morgan fingerprint density at radius 2 is 1.55 bits per heavy atom. The first-order valence-electron chi connectivity index (χ1n) is 9.06. The Morgan fingerprint density at radius 1 is 0.862 bits per heavy atom. The predicted octanol–water partition coefficient (Wildman–Crippen LogP) is 3.66. The fourth-order valence-electron chi connectivity index (χ4n) is 2.71. The highest BCUT2D eigenvalue weighted by atomic mass is 16.5. The average Bonchev–Trinajstić information content (AvgIpc) is 2.72. The summed E-state index contributed by atoms with van der Waals surface area (Å²) in [6.45, 7) is 3.06. The Hall–Kier alpha value is -3.87. The Balaban J connectivity index is 1.53. The highest BCUT2D eigenvalue weighted by Crippen LogP contribution is 2.26. The smallest absolute Gasteiger partial charge is 0.337 e. The molecule has 0 spiro atoms. The van der Waals surface area contributed by atoms with E-state index in [4.69, 9.17) is 4.74 Å². The van der Waals surface area contributed by atoms with Crippen LogP contribution in [-0.4, -0.2) is 23.8 Å². The number of hydrogen-bond donors (Lipinski definition) is 3. The fraction of sp³-hybridized carbons (Fsp3) is 0.136. The van der Waals surface area contributed by atoms with E-state index in [0.717, 1.165) is 10.8 Å². The molecule has 7 heteroatoms. The van der Waals surface area contributed by atoms with Crippen LogP contribution in [0.1, 0.15) is 24.2 Å². The van der Waals surface area contributed by atoms with Gasteiger partial charge in [0.05, 0.1) is 0 Å². The summed E-state index contributed by atoms with van der Waals surface area (Å²) in [5, 5.41) is 4.46. The molecule has 148 valence electrons. The van der Waals surface area contributed by atoms with Gasteiger partial charge in [-0.05, 0) is 49.6 Å². The van der Waals surface area contributed by atoms with Crippen LogP contribution in [0.25, 0.3) is 10.8 Å². The highest BCUT2D eigenvalue weighted by Gasteiger charge is 2.16.